The molecule has 8 heteroatoms. The van der Waals surface area contributed by atoms with Crippen LogP contribution in [0.2, 0.25) is 0 Å². The molecule has 158 valence electrons. The number of thioether (sulfide) groups is 1. The van der Waals surface area contributed by atoms with Crippen molar-refractivity contribution < 1.29 is 18.7 Å². The van der Waals surface area contributed by atoms with E-state index in [2.05, 4.69) is 5.32 Å². The van der Waals surface area contributed by atoms with Gasteiger partial charge in [0.2, 0.25) is 0 Å². The molecule has 0 aliphatic carbocycles. The van der Waals surface area contributed by atoms with Gasteiger partial charge in [-0.1, -0.05) is 18.2 Å². The number of para-hydroxylation sites is 2. The van der Waals surface area contributed by atoms with Crippen LogP contribution in [0.4, 0.5) is 14.9 Å². The average Bonchev–Trinajstić information content (AvgIpc) is 3.16. The molecule has 1 spiro atoms. The summed E-state index contributed by atoms with van der Waals surface area (Å²) in [6, 6.07) is 12.9. The Bertz CT molecular complexity index is 947. The summed E-state index contributed by atoms with van der Waals surface area (Å²) in [4.78, 5) is 29.1. The van der Waals surface area contributed by atoms with Crippen molar-refractivity contribution in [2.75, 3.05) is 37.8 Å². The Hall–Kier alpha value is -2.74. The van der Waals surface area contributed by atoms with Crippen LogP contribution in [0.1, 0.15) is 23.2 Å². The minimum atomic E-state index is -0.412. The minimum Gasteiger partial charge on any atom is -0.495 e. The van der Waals surface area contributed by atoms with Gasteiger partial charge in [-0.3, -0.25) is 4.79 Å². The summed E-state index contributed by atoms with van der Waals surface area (Å²) >= 11 is 1.76. The molecule has 0 saturated carbocycles. The van der Waals surface area contributed by atoms with Crippen LogP contribution in [0.15, 0.2) is 48.5 Å². The van der Waals surface area contributed by atoms with E-state index in [1.165, 1.54) is 12.1 Å². The first-order chi connectivity index (χ1) is 14.5. The molecule has 2 aliphatic rings. The molecule has 0 bridgehead atoms. The number of nitrogens with zero attached hydrogens (tertiary/aromatic N) is 2. The lowest BCUT2D eigenvalue weighted by atomic mass is 10.0. The van der Waals surface area contributed by atoms with Gasteiger partial charge in [-0.2, -0.15) is 0 Å². The number of urea groups is 1. The first kappa shape index (κ1) is 20.5. The van der Waals surface area contributed by atoms with Gasteiger partial charge in [0.1, 0.15) is 11.6 Å². The van der Waals surface area contributed by atoms with Gasteiger partial charge in [0.15, 0.2) is 0 Å². The molecule has 1 N–H and O–H groups in total. The van der Waals surface area contributed by atoms with Crippen molar-refractivity contribution in [1.82, 2.24) is 9.80 Å². The van der Waals surface area contributed by atoms with Gasteiger partial charge in [-0.15, -0.1) is 11.8 Å². The molecular formula is C22H24FN3O3S. The molecule has 2 aromatic carbocycles. The van der Waals surface area contributed by atoms with Crippen molar-refractivity contribution in [3.63, 3.8) is 0 Å². The first-order valence-corrected chi connectivity index (χ1v) is 10.9. The average molecular weight is 430 g/mol. The number of rotatable bonds is 3. The molecule has 30 heavy (non-hydrogen) atoms. The van der Waals surface area contributed by atoms with Gasteiger partial charge in [0, 0.05) is 31.0 Å². The molecule has 4 rings (SSSR count). The molecule has 6 nitrogen and oxygen atoms in total. The summed E-state index contributed by atoms with van der Waals surface area (Å²) in [5.74, 6) is 0.891. The number of benzene rings is 2. The highest BCUT2D eigenvalue weighted by Gasteiger charge is 2.47. The van der Waals surface area contributed by atoms with Gasteiger partial charge < -0.3 is 19.9 Å². The van der Waals surface area contributed by atoms with Gasteiger partial charge in [-0.05, 0) is 43.2 Å². The zero-order chi connectivity index (χ0) is 21.1. The Morgan fingerprint density at radius 2 is 1.87 bits per heavy atom. The van der Waals surface area contributed by atoms with Gasteiger partial charge in [0.25, 0.3) is 5.91 Å². The predicted octanol–water partition coefficient (Wildman–Crippen LogP) is 4.05. The van der Waals surface area contributed by atoms with Crippen LogP contribution in [0.3, 0.4) is 0 Å². The van der Waals surface area contributed by atoms with Crippen molar-refractivity contribution in [2.45, 2.75) is 17.7 Å². The first-order valence-electron chi connectivity index (χ1n) is 9.93. The number of hydrogen-bond acceptors (Lipinski definition) is 4. The van der Waals surface area contributed by atoms with Crippen LogP contribution >= 0.6 is 11.8 Å². The summed E-state index contributed by atoms with van der Waals surface area (Å²) < 4.78 is 18.9. The summed E-state index contributed by atoms with van der Waals surface area (Å²) in [7, 11) is 1.57. The molecule has 2 heterocycles. The molecular weight excluding hydrogens is 405 g/mol. The van der Waals surface area contributed by atoms with E-state index >= 15 is 0 Å². The smallest absolute Gasteiger partial charge is 0.321 e. The Morgan fingerprint density at radius 1 is 1.10 bits per heavy atom. The maximum Gasteiger partial charge on any atom is 0.321 e. The number of carbonyl (C=O) groups excluding carboxylic acids is 2. The summed E-state index contributed by atoms with van der Waals surface area (Å²) in [5, 5.41) is 2.91. The molecule has 0 unspecified atom stereocenters. The third-order valence-electron chi connectivity index (χ3n) is 5.67. The zero-order valence-electron chi connectivity index (χ0n) is 16.8. The molecule has 3 amide bonds. The van der Waals surface area contributed by atoms with Crippen LogP contribution in [0, 0.1) is 5.82 Å². The van der Waals surface area contributed by atoms with Gasteiger partial charge in [0.05, 0.1) is 17.7 Å². The number of methoxy groups -OCH3 is 1. The maximum absolute atomic E-state index is 13.6. The second kappa shape index (κ2) is 8.55. The molecule has 2 fully saturated rings. The van der Waals surface area contributed by atoms with E-state index in [0.717, 1.165) is 5.75 Å². The van der Waals surface area contributed by atoms with Crippen LogP contribution in [0.25, 0.3) is 0 Å². The van der Waals surface area contributed by atoms with Crippen LogP contribution < -0.4 is 10.1 Å². The second-order valence-corrected chi connectivity index (χ2v) is 8.84. The SMILES string of the molecule is COc1ccccc1NC(=O)N1CCC2(CC1)SCCN2C(=O)c1cccc(F)c1. The second-order valence-electron chi connectivity index (χ2n) is 7.38. The maximum atomic E-state index is 13.6. The largest absolute Gasteiger partial charge is 0.495 e. The van der Waals surface area contributed by atoms with Crippen LogP contribution in [0.5, 0.6) is 5.75 Å². The number of nitrogens with one attached hydrogen (secondary N) is 1. The monoisotopic (exact) mass is 429 g/mol. The van der Waals surface area contributed by atoms with Gasteiger partial charge >= 0.3 is 6.03 Å². The van der Waals surface area contributed by atoms with E-state index in [4.69, 9.17) is 4.74 Å². The highest BCUT2D eigenvalue weighted by atomic mass is 32.2. The highest BCUT2D eigenvalue weighted by Crippen LogP contribution is 2.44. The number of hydrogen-bond donors (Lipinski definition) is 1. The fourth-order valence-corrected chi connectivity index (χ4v) is 5.54. The Labute approximate surface area is 179 Å². The summed E-state index contributed by atoms with van der Waals surface area (Å²) in [6.07, 6.45) is 1.36. The third kappa shape index (κ3) is 3.96. The van der Waals surface area contributed by atoms with Gasteiger partial charge in [-0.25, -0.2) is 9.18 Å². The minimum absolute atomic E-state index is 0.147. The van der Waals surface area contributed by atoms with E-state index in [9.17, 15) is 14.0 Å². The van der Waals surface area contributed by atoms with E-state index in [-0.39, 0.29) is 16.8 Å². The van der Waals surface area contributed by atoms with E-state index in [1.54, 1.807) is 48.0 Å². The Kier molecular flexibility index (Phi) is 5.85. The zero-order valence-corrected chi connectivity index (χ0v) is 17.6. The van der Waals surface area contributed by atoms with Crippen molar-refractivity contribution in [3.8, 4) is 5.75 Å². The molecule has 0 radical (unpaired) electrons. The lowest BCUT2D eigenvalue weighted by Crippen LogP contribution is -2.54. The van der Waals surface area contributed by atoms with E-state index in [0.29, 0.717) is 49.5 Å². The molecule has 2 aromatic rings. The summed E-state index contributed by atoms with van der Waals surface area (Å²) in [5.41, 5.74) is 0.997. The van der Waals surface area contributed by atoms with Crippen molar-refractivity contribution >= 4 is 29.4 Å². The molecule has 0 atom stereocenters. The van der Waals surface area contributed by atoms with Crippen molar-refractivity contribution in [1.29, 1.82) is 0 Å². The number of amides is 3. The van der Waals surface area contributed by atoms with Crippen molar-refractivity contribution in [2.24, 2.45) is 0 Å². The number of carbonyl (C=O) groups is 2. The molecule has 0 aromatic heterocycles. The van der Waals surface area contributed by atoms with Crippen LogP contribution in [-0.4, -0.2) is 59.1 Å². The number of anilines is 1. The molecule has 2 saturated heterocycles. The number of ether oxygens (including phenoxy) is 1. The normalized spacial score (nSPS) is 17.8. The Morgan fingerprint density at radius 3 is 2.60 bits per heavy atom. The molecule has 2 aliphatic heterocycles. The Balaban J connectivity index is 1.42. The third-order valence-corrected chi connectivity index (χ3v) is 7.23. The highest BCUT2D eigenvalue weighted by molar-refractivity contribution is 8.00. The van der Waals surface area contributed by atoms with E-state index < -0.39 is 5.82 Å². The lowest BCUT2D eigenvalue weighted by molar-refractivity contribution is 0.0585. The number of piperidine rings is 1. The van der Waals surface area contributed by atoms with Crippen LogP contribution in [-0.2, 0) is 0 Å². The quantitative estimate of drug-likeness (QED) is 0.800. The lowest BCUT2D eigenvalue weighted by Gasteiger charge is -2.44. The van der Waals surface area contributed by atoms with Crippen molar-refractivity contribution in [3.05, 3.63) is 59.9 Å². The summed E-state index contributed by atoms with van der Waals surface area (Å²) in [6.45, 7) is 1.72. The van der Waals surface area contributed by atoms with E-state index in [1.807, 2.05) is 17.0 Å². The topological polar surface area (TPSA) is 61.9 Å². The standard InChI is InChI=1S/C22H24FN3O3S/c1-29-19-8-3-2-7-18(19)24-21(28)25-11-9-22(10-12-25)26(13-14-30-22)20(27)16-5-4-6-17(23)15-16/h2-8,15H,9-14H2,1H3,(H,24,28). The fraction of sp³-hybridized carbons (Fsp3) is 0.364. The number of likely N-dealkylation sites (tertiary alicyclic amines) is 1. The predicted molar refractivity (Wildman–Crippen MR) is 115 cm³/mol. The number of halogens is 1. The fourth-order valence-electron chi connectivity index (χ4n) is 4.09.